The SMILES string of the molecule is CC(C)Cc1cc(C(=O)N2CCC3(C/C=C/Cc4ccccc4OCCNC3=O)CC2)nc(=O)[nH]1. The zero-order chi connectivity index (χ0) is 24.8. The molecule has 2 aliphatic heterocycles. The Labute approximate surface area is 205 Å². The van der Waals surface area contributed by atoms with Crippen LogP contribution in [0.25, 0.3) is 0 Å². The number of carbonyl (C=O) groups excluding carboxylic acids is 2. The van der Waals surface area contributed by atoms with Crippen molar-refractivity contribution in [3.05, 3.63) is 69.9 Å². The summed E-state index contributed by atoms with van der Waals surface area (Å²) in [6.07, 6.45) is 7.29. The van der Waals surface area contributed by atoms with E-state index < -0.39 is 11.1 Å². The van der Waals surface area contributed by atoms with Gasteiger partial charge < -0.3 is 19.9 Å². The summed E-state index contributed by atoms with van der Waals surface area (Å²) in [6.45, 7) is 5.81. The Balaban J connectivity index is 1.46. The van der Waals surface area contributed by atoms with Gasteiger partial charge in [0.2, 0.25) is 5.91 Å². The van der Waals surface area contributed by atoms with Crippen LogP contribution in [-0.2, 0) is 17.6 Å². The van der Waals surface area contributed by atoms with E-state index >= 15 is 0 Å². The fraction of sp³-hybridized carbons (Fsp3) is 0.481. The molecule has 0 saturated carbocycles. The minimum atomic E-state index is -0.573. The van der Waals surface area contributed by atoms with Crippen molar-refractivity contribution in [2.24, 2.45) is 11.3 Å². The molecule has 8 nitrogen and oxygen atoms in total. The number of amides is 2. The molecule has 2 amide bonds. The van der Waals surface area contributed by atoms with Gasteiger partial charge in [-0.15, -0.1) is 0 Å². The third-order valence-electron chi connectivity index (χ3n) is 6.77. The van der Waals surface area contributed by atoms with E-state index in [1.54, 1.807) is 11.0 Å². The van der Waals surface area contributed by atoms with Gasteiger partial charge in [-0.05, 0) is 55.7 Å². The molecule has 0 aliphatic carbocycles. The molecule has 3 heterocycles. The molecule has 2 N–H and O–H groups in total. The summed E-state index contributed by atoms with van der Waals surface area (Å²) in [5.74, 6) is 0.932. The van der Waals surface area contributed by atoms with Crippen LogP contribution in [-0.4, -0.2) is 52.9 Å². The number of nitrogens with one attached hydrogen (secondary N) is 2. The van der Waals surface area contributed by atoms with Crippen LogP contribution in [0.5, 0.6) is 5.75 Å². The van der Waals surface area contributed by atoms with Crippen LogP contribution in [0.4, 0.5) is 0 Å². The van der Waals surface area contributed by atoms with Crippen LogP contribution in [0.1, 0.15) is 54.9 Å². The van der Waals surface area contributed by atoms with E-state index in [1.807, 2.05) is 18.2 Å². The molecule has 0 bridgehead atoms. The van der Waals surface area contributed by atoms with E-state index in [1.165, 1.54) is 0 Å². The second kappa shape index (κ2) is 10.9. The summed E-state index contributed by atoms with van der Waals surface area (Å²) < 4.78 is 5.89. The maximum absolute atomic E-state index is 13.2. The van der Waals surface area contributed by atoms with E-state index in [0.717, 1.165) is 17.7 Å². The highest BCUT2D eigenvalue weighted by molar-refractivity contribution is 5.92. The fourth-order valence-corrected chi connectivity index (χ4v) is 4.84. The molecule has 0 unspecified atom stereocenters. The van der Waals surface area contributed by atoms with Crippen molar-refractivity contribution in [1.29, 1.82) is 0 Å². The first-order valence-electron chi connectivity index (χ1n) is 12.4. The molecule has 1 saturated heterocycles. The zero-order valence-electron chi connectivity index (χ0n) is 20.5. The van der Waals surface area contributed by atoms with Gasteiger partial charge in [0.15, 0.2) is 0 Å². The molecule has 4 rings (SSSR count). The molecule has 1 spiro atoms. The average Bonchev–Trinajstić information content (AvgIpc) is 2.83. The van der Waals surface area contributed by atoms with Crippen LogP contribution < -0.4 is 15.7 Å². The first-order chi connectivity index (χ1) is 16.9. The number of ether oxygens (including phenoxy) is 1. The van der Waals surface area contributed by atoms with Gasteiger partial charge in [-0.25, -0.2) is 4.79 Å². The number of para-hydroxylation sites is 1. The number of aromatic nitrogens is 2. The number of nitrogens with zero attached hydrogens (tertiary/aromatic N) is 2. The van der Waals surface area contributed by atoms with E-state index in [2.05, 4.69) is 47.4 Å². The number of H-pyrrole nitrogens is 1. The lowest BCUT2D eigenvalue weighted by Crippen LogP contribution is -2.50. The smallest absolute Gasteiger partial charge is 0.345 e. The van der Waals surface area contributed by atoms with Crippen LogP contribution in [0, 0.1) is 11.3 Å². The van der Waals surface area contributed by atoms with Gasteiger partial charge >= 0.3 is 5.69 Å². The van der Waals surface area contributed by atoms with Crippen LogP contribution >= 0.6 is 0 Å². The van der Waals surface area contributed by atoms with Gasteiger partial charge in [0.25, 0.3) is 5.91 Å². The second-order valence-corrected chi connectivity index (χ2v) is 9.86. The van der Waals surface area contributed by atoms with Crippen molar-refractivity contribution in [2.75, 3.05) is 26.2 Å². The molecule has 2 aliphatic rings. The third-order valence-corrected chi connectivity index (χ3v) is 6.77. The lowest BCUT2D eigenvalue weighted by Gasteiger charge is -2.40. The van der Waals surface area contributed by atoms with Crippen molar-refractivity contribution < 1.29 is 14.3 Å². The number of fused-ring (bicyclic) bond motifs is 1. The van der Waals surface area contributed by atoms with Gasteiger partial charge in [0.1, 0.15) is 18.1 Å². The van der Waals surface area contributed by atoms with Crippen LogP contribution in [0.2, 0.25) is 0 Å². The number of allylic oxidation sites excluding steroid dienone is 2. The largest absolute Gasteiger partial charge is 0.491 e. The van der Waals surface area contributed by atoms with Crippen molar-refractivity contribution >= 4 is 11.8 Å². The Morgan fingerprint density at radius 1 is 1.17 bits per heavy atom. The molecule has 35 heavy (non-hydrogen) atoms. The molecular formula is C27H34N4O4. The van der Waals surface area contributed by atoms with Crippen LogP contribution in [0.3, 0.4) is 0 Å². The molecule has 186 valence electrons. The van der Waals surface area contributed by atoms with E-state index in [-0.39, 0.29) is 17.5 Å². The quantitative estimate of drug-likeness (QED) is 0.660. The van der Waals surface area contributed by atoms with Crippen LogP contribution in [0.15, 0.2) is 47.3 Å². The average molecular weight is 479 g/mol. The summed E-state index contributed by atoms with van der Waals surface area (Å²) in [7, 11) is 0. The molecule has 1 fully saturated rings. The molecular weight excluding hydrogens is 444 g/mol. The predicted octanol–water partition coefficient (Wildman–Crippen LogP) is 2.89. The highest BCUT2D eigenvalue weighted by Crippen LogP contribution is 2.36. The Hall–Kier alpha value is -3.42. The Bertz CT molecular complexity index is 1150. The standard InChI is InChI=1S/C27H34N4O4/c1-19(2)17-21-18-22(30-26(34)29-21)24(32)31-14-11-27(12-15-31)10-6-5-8-20-7-3-4-9-23(20)35-16-13-28-25(27)33/h3-7,9,18-19H,8,10-17H2,1-2H3,(H,28,33)(H,29,30,34)/b6-5+. The molecule has 2 aromatic rings. The first kappa shape index (κ1) is 24.7. The minimum Gasteiger partial charge on any atom is -0.491 e. The van der Waals surface area contributed by atoms with E-state index in [9.17, 15) is 14.4 Å². The summed E-state index contributed by atoms with van der Waals surface area (Å²) in [5.41, 5.74) is 0.916. The normalized spacial score (nSPS) is 19.2. The number of piperidine rings is 1. The number of hydrogen-bond donors (Lipinski definition) is 2. The molecule has 1 aromatic carbocycles. The third kappa shape index (κ3) is 5.99. The van der Waals surface area contributed by atoms with Crippen molar-refractivity contribution in [1.82, 2.24) is 20.2 Å². The summed E-state index contributed by atoms with van der Waals surface area (Å²) in [6, 6.07) is 9.63. The van der Waals surface area contributed by atoms with Crippen molar-refractivity contribution in [3.8, 4) is 5.75 Å². The highest BCUT2D eigenvalue weighted by atomic mass is 16.5. The lowest BCUT2D eigenvalue weighted by atomic mass is 9.74. The molecule has 0 atom stereocenters. The second-order valence-electron chi connectivity index (χ2n) is 9.86. The summed E-state index contributed by atoms with van der Waals surface area (Å²) in [5, 5.41) is 3.04. The topological polar surface area (TPSA) is 104 Å². The van der Waals surface area contributed by atoms with Gasteiger partial charge in [-0.3, -0.25) is 9.59 Å². The number of benzene rings is 1. The Morgan fingerprint density at radius 3 is 2.71 bits per heavy atom. The van der Waals surface area contributed by atoms with Crippen molar-refractivity contribution in [3.63, 3.8) is 0 Å². The van der Waals surface area contributed by atoms with Gasteiger partial charge in [0, 0.05) is 18.8 Å². The maximum atomic E-state index is 13.2. The maximum Gasteiger partial charge on any atom is 0.345 e. The Morgan fingerprint density at radius 2 is 1.94 bits per heavy atom. The number of likely N-dealkylation sites (tertiary alicyclic amines) is 1. The van der Waals surface area contributed by atoms with E-state index in [4.69, 9.17) is 4.74 Å². The number of aromatic amines is 1. The summed E-state index contributed by atoms with van der Waals surface area (Å²) >= 11 is 0. The Kier molecular flexibility index (Phi) is 7.68. The zero-order valence-corrected chi connectivity index (χ0v) is 20.5. The highest BCUT2D eigenvalue weighted by Gasteiger charge is 2.41. The predicted molar refractivity (Wildman–Crippen MR) is 133 cm³/mol. The van der Waals surface area contributed by atoms with Crippen molar-refractivity contribution in [2.45, 2.75) is 46.0 Å². The molecule has 8 heteroatoms. The minimum absolute atomic E-state index is 0.000192. The van der Waals surface area contributed by atoms with Gasteiger partial charge in [0.05, 0.1) is 12.0 Å². The lowest BCUT2D eigenvalue weighted by molar-refractivity contribution is -0.133. The molecule has 1 aromatic heterocycles. The summed E-state index contributed by atoms with van der Waals surface area (Å²) in [4.78, 5) is 46.7. The van der Waals surface area contributed by atoms with Gasteiger partial charge in [-0.1, -0.05) is 44.2 Å². The monoisotopic (exact) mass is 478 g/mol. The van der Waals surface area contributed by atoms with E-state index in [0.29, 0.717) is 63.5 Å². The number of carbonyl (C=O) groups is 2. The number of rotatable bonds is 3. The first-order valence-corrected chi connectivity index (χ1v) is 12.4. The number of hydrogen-bond acceptors (Lipinski definition) is 5. The van der Waals surface area contributed by atoms with Gasteiger partial charge in [-0.2, -0.15) is 4.98 Å². The fourth-order valence-electron chi connectivity index (χ4n) is 4.84. The molecule has 0 radical (unpaired) electrons.